The number of nitrogens with one attached hydrogen (secondary N) is 2. The zero-order valence-electron chi connectivity index (χ0n) is 15.1. The van der Waals surface area contributed by atoms with Crippen LogP contribution in [-0.4, -0.2) is 29.9 Å². The number of hydrogen-bond acceptors (Lipinski definition) is 4. The molecule has 27 heavy (non-hydrogen) atoms. The van der Waals surface area contributed by atoms with Crippen LogP contribution in [-0.2, 0) is 16.0 Å². The molecule has 0 saturated heterocycles. The van der Waals surface area contributed by atoms with E-state index in [-0.39, 0.29) is 5.91 Å². The SMILES string of the molecule is COC(=O)c1ccc2c(c1)/C(=C1\CCCc3c1[nH]c(C)c3C(N)=O)C(=O)N2. The molecular formula is C20H19N3O4. The minimum Gasteiger partial charge on any atom is -0.465 e. The minimum absolute atomic E-state index is 0.220. The molecule has 7 nitrogen and oxygen atoms in total. The third-order valence-corrected chi connectivity index (χ3v) is 5.18. The molecule has 2 amide bonds. The standard InChI is InChI=1S/C20H19N3O4/c1-9-15(18(21)24)11-4-3-5-12(17(11)22-9)16-13-8-10(20(26)27-2)6-7-14(13)23-19(16)25/h6-8,22H,3-5H2,1-2H3,(H2,21,24)(H,23,25)/b16-12-. The van der Waals surface area contributed by atoms with Crippen molar-refractivity contribution >= 4 is 34.6 Å². The van der Waals surface area contributed by atoms with Crippen LogP contribution in [0.15, 0.2) is 18.2 Å². The average molecular weight is 365 g/mol. The van der Waals surface area contributed by atoms with Crippen molar-refractivity contribution in [3.63, 3.8) is 0 Å². The number of aromatic nitrogens is 1. The fourth-order valence-corrected chi connectivity index (χ4v) is 4.05. The van der Waals surface area contributed by atoms with Crippen molar-refractivity contribution in [1.82, 2.24) is 4.98 Å². The number of aryl methyl sites for hydroxylation is 1. The van der Waals surface area contributed by atoms with E-state index in [4.69, 9.17) is 10.5 Å². The molecule has 0 atom stereocenters. The second-order valence-electron chi connectivity index (χ2n) is 6.76. The van der Waals surface area contributed by atoms with E-state index in [1.807, 2.05) is 0 Å². The van der Waals surface area contributed by atoms with Crippen LogP contribution in [0.25, 0.3) is 11.1 Å². The van der Waals surface area contributed by atoms with Gasteiger partial charge in [-0.15, -0.1) is 0 Å². The normalized spacial score (nSPS) is 17.9. The maximum Gasteiger partial charge on any atom is 0.337 e. The van der Waals surface area contributed by atoms with Crippen molar-refractivity contribution in [1.29, 1.82) is 0 Å². The van der Waals surface area contributed by atoms with Crippen molar-refractivity contribution in [2.45, 2.75) is 26.2 Å². The summed E-state index contributed by atoms with van der Waals surface area (Å²) >= 11 is 0. The molecule has 2 aromatic rings. The first-order chi connectivity index (χ1) is 12.9. The largest absolute Gasteiger partial charge is 0.465 e. The smallest absolute Gasteiger partial charge is 0.337 e. The second-order valence-corrected chi connectivity index (χ2v) is 6.76. The van der Waals surface area contributed by atoms with Gasteiger partial charge in [0.15, 0.2) is 0 Å². The van der Waals surface area contributed by atoms with E-state index >= 15 is 0 Å². The summed E-state index contributed by atoms with van der Waals surface area (Å²) in [6.45, 7) is 1.80. The number of H-pyrrole nitrogens is 1. The summed E-state index contributed by atoms with van der Waals surface area (Å²) in [7, 11) is 1.32. The highest BCUT2D eigenvalue weighted by atomic mass is 16.5. The Balaban J connectivity index is 1.94. The second kappa shape index (κ2) is 6.12. The van der Waals surface area contributed by atoms with Crippen LogP contribution < -0.4 is 11.1 Å². The Hall–Kier alpha value is -3.35. The van der Waals surface area contributed by atoms with E-state index in [1.165, 1.54) is 7.11 Å². The van der Waals surface area contributed by atoms with Gasteiger partial charge in [-0.05, 0) is 55.5 Å². The molecule has 4 N–H and O–H groups in total. The molecule has 0 fully saturated rings. The molecule has 0 unspecified atom stereocenters. The zero-order chi connectivity index (χ0) is 19.3. The van der Waals surface area contributed by atoms with Gasteiger partial charge in [0.05, 0.1) is 23.8 Å². The molecule has 138 valence electrons. The lowest BCUT2D eigenvalue weighted by atomic mass is 9.85. The molecule has 4 rings (SSSR count). The quantitative estimate of drug-likeness (QED) is 0.560. The van der Waals surface area contributed by atoms with Crippen LogP contribution in [0.1, 0.15) is 56.1 Å². The Kier molecular flexibility index (Phi) is 3.87. The highest BCUT2D eigenvalue weighted by Gasteiger charge is 2.33. The first-order valence-corrected chi connectivity index (χ1v) is 8.71. The topological polar surface area (TPSA) is 114 Å². The van der Waals surface area contributed by atoms with Gasteiger partial charge in [0.1, 0.15) is 0 Å². The van der Waals surface area contributed by atoms with Crippen molar-refractivity contribution in [2.75, 3.05) is 12.4 Å². The molecular weight excluding hydrogens is 346 g/mol. The predicted molar refractivity (Wildman–Crippen MR) is 100 cm³/mol. The summed E-state index contributed by atoms with van der Waals surface area (Å²) < 4.78 is 4.79. The lowest BCUT2D eigenvalue weighted by Crippen LogP contribution is -2.15. The van der Waals surface area contributed by atoms with E-state index in [1.54, 1.807) is 25.1 Å². The third kappa shape index (κ3) is 2.54. The Morgan fingerprint density at radius 2 is 2.00 bits per heavy atom. The van der Waals surface area contributed by atoms with E-state index in [0.29, 0.717) is 40.1 Å². The van der Waals surface area contributed by atoms with Crippen molar-refractivity contribution in [3.05, 3.63) is 51.8 Å². The van der Waals surface area contributed by atoms with Gasteiger partial charge in [0.25, 0.3) is 11.8 Å². The predicted octanol–water partition coefficient (Wildman–Crippen LogP) is 2.41. The van der Waals surface area contributed by atoms with Gasteiger partial charge in [0.2, 0.25) is 0 Å². The number of hydrogen-bond donors (Lipinski definition) is 3. The Labute approximate surface area is 155 Å². The number of esters is 1. The van der Waals surface area contributed by atoms with Crippen LogP contribution in [0.5, 0.6) is 0 Å². The van der Waals surface area contributed by atoms with Gasteiger partial charge in [-0.3, -0.25) is 9.59 Å². The third-order valence-electron chi connectivity index (χ3n) is 5.18. The lowest BCUT2D eigenvalue weighted by molar-refractivity contribution is -0.110. The van der Waals surface area contributed by atoms with E-state index in [0.717, 1.165) is 29.7 Å². The molecule has 1 aromatic heterocycles. The lowest BCUT2D eigenvalue weighted by Gasteiger charge is -2.18. The fraction of sp³-hybridized carbons (Fsp3) is 0.250. The molecule has 0 bridgehead atoms. The Morgan fingerprint density at radius 3 is 2.70 bits per heavy atom. The van der Waals surface area contributed by atoms with Crippen molar-refractivity contribution < 1.29 is 19.1 Å². The van der Waals surface area contributed by atoms with Gasteiger partial charge in [-0.25, -0.2) is 4.79 Å². The Bertz CT molecular complexity index is 1050. The monoisotopic (exact) mass is 365 g/mol. The van der Waals surface area contributed by atoms with E-state index < -0.39 is 11.9 Å². The first kappa shape index (κ1) is 17.1. The van der Waals surface area contributed by atoms with Crippen LogP contribution in [0.3, 0.4) is 0 Å². The number of fused-ring (bicyclic) bond motifs is 2. The number of carbonyl (C=O) groups excluding carboxylic acids is 3. The van der Waals surface area contributed by atoms with Crippen molar-refractivity contribution in [2.24, 2.45) is 5.73 Å². The Morgan fingerprint density at radius 1 is 1.22 bits per heavy atom. The van der Waals surface area contributed by atoms with Gasteiger partial charge in [0, 0.05) is 22.6 Å². The molecule has 2 heterocycles. The van der Waals surface area contributed by atoms with Crippen LogP contribution in [0.4, 0.5) is 5.69 Å². The number of methoxy groups -OCH3 is 1. The van der Waals surface area contributed by atoms with Gasteiger partial charge in [-0.2, -0.15) is 0 Å². The van der Waals surface area contributed by atoms with Crippen LogP contribution in [0.2, 0.25) is 0 Å². The zero-order valence-corrected chi connectivity index (χ0v) is 15.1. The van der Waals surface area contributed by atoms with E-state index in [2.05, 4.69) is 10.3 Å². The molecule has 1 aliphatic heterocycles. The number of anilines is 1. The summed E-state index contributed by atoms with van der Waals surface area (Å²) in [5, 5.41) is 2.85. The van der Waals surface area contributed by atoms with Gasteiger partial charge < -0.3 is 20.8 Å². The number of carbonyl (C=O) groups is 3. The van der Waals surface area contributed by atoms with Crippen molar-refractivity contribution in [3.8, 4) is 0 Å². The summed E-state index contributed by atoms with van der Waals surface area (Å²) in [6.07, 6.45) is 2.23. The van der Waals surface area contributed by atoms with Crippen LogP contribution in [0, 0.1) is 6.92 Å². The summed E-state index contributed by atoms with van der Waals surface area (Å²) in [5.74, 6) is -1.15. The maximum atomic E-state index is 12.7. The average Bonchev–Trinajstić information content (AvgIpc) is 3.15. The van der Waals surface area contributed by atoms with Gasteiger partial charge in [-0.1, -0.05) is 0 Å². The summed E-state index contributed by atoms with van der Waals surface area (Å²) in [4.78, 5) is 39.7. The molecule has 1 aliphatic carbocycles. The molecule has 7 heteroatoms. The highest BCUT2D eigenvalue weighted by Crippen LogP contribution is 2.43. The molecule has 1 aromatic carbocycles. The highest BCUT2D eigenvalue weighted by molar-refractivity contribution is 6.37. The number of ether oxygens (including phenoxy) is 1. The molecule has 0 spiro atoms. The number of allylic oxidation sites excluding steroid dienone is 1. The number of amides is 2. The number of rotatable bonds is 2. The summed E-state index contributed by atoms with van der Waals surface area (Å²) in [6, 6.07) is 4.99. The molecule has 2 aliphatic rings. The molecule has 0 radical (unpaired) electrons. The first-order valence-electron chi connectivity index (χ1n) is 8.71. The number of nitrogens with two attached hydrogens (primary N) is 1. The van der Waals surface area contributed by atoms with Gasteiger partial charge >= 0.3 is 5.97 Å². The fourth-order valence-electron chi connectivity index (χ4n) is 4.05. The number of benzene rings is 1. The minimum atomic E-state index is -0.472. The van der Waals surface area contributed by atoms with E-state index in [9.17, 15) is 14.4 Å². The van der Waals surface area contributed by atoms with Crippen LogP contribution >= 0.6 is 0 Å². The summed E-state index contributed by atoms with van der Waals surface area (Å²) in [5.41, 5.74) is 11.5. The molecule has 0 saturated carbocycles. The maximum absolute atomic E-state index is 12.7. The number of primary amides is 1. The number of aromatic amines is 1.